The van der Waals surface area contributed by atoms with Crippen LogP contribution in [0.5, 0.6) is 0 Å². The molecule has 21 heavy (non-hydrogen) atoms. The molecule has 3 aliphatic heterocycles. The molecule has 0 amide bonds. The zero-order valence-corrected chi connectivity index (χ0v) is 13.4. The Morgan fingerprint density at radius 2 is 1.71 bits per heavy atom. The summed E-state index contributed by atoms with van der Waals surface area (Å²) in [5.74, 6) is -3.19. The fraction of sp³-hybridized carbons (Fsp3) is 1.00. The Morgan fingerprint density at radius 1 is 1.05 bits per heavy atom. The van der Waals surface area contributed by atoms with E-state index >= 15 is 0 Å². The average molecular weight is 366 g/mol. The van der Waals surface area contributed by atoms with Crippen molar-refractivity contribution >= 4 is 34.8 Å². The molecule has 5 atom stereocenters. The average Bonchev–Trinajstić information content (AvgIpc) is 2.93. The summed E-state index contributed by atoms with van der Waals surface area (Å²) < 4.78 is 25.1. The highest BCUT2D eigenvalue weighted by Gasteiger charge is 2.66. The van der Waals surface area contributed by atoms with Crippen LogP contribution in [0, 0.1) is 0 Å². The van der Waals surface area contributed by atoms with Gasteiger partial charge in [-0.3, -0.25) is 0 Å². The summed E-state index contributed by atoms with van der Waals surface area (Å²) in [4.78, 5) is 0. The van der Waals surface area contributed by atoms with Crippen molar-refractivity contribution in [3.8, 4) is 0 Å². The van der Waals surface area contributed by atoms with Gasteiger partial charge in [0.05, 0.1) is 6.61 Å². The fourth-order valence-corrected chi connectivity index (χ4v) is 2.92. The number of aliphatic hydroxyl groups is 2. The minimum atomic E-state index is -2.36. The molecule has 0 saturated carbocycles. The lowest BCUT2D eigenvalue weighted by Gasteiger charge is -2.31. The molecule has 10 heteroatoms. The third-order valence-electron chi connectivity index (χ3n) is 3.53. The molecule has 7 nitrogen and oxygen atoms in total. The van der Waals surface area contributed by atoms with Crippen LogP contribution in [-0.4, -0.2) is 63.1 Å². The van der Waals surface area contributed by atoms with Gasteiger partial charge in [0.15, 0.2) is 18.2 Å². The molecule has 2 N–H and O–H groups in total. The molecule has 0 aromatic heterocycles. The van der Waals surface area contributed by atoms with Crippen LogP contribution in [0.15, 0.2) is 0 Å². The summed E-state index contributed by atoms with van der Waals surface area (Å²) in [6.07, 6.45) is -5.33. The van der Waals surface area contributed by atoms with Gasteiger partial charge < -0.3 is 33.9 Å². The van der Waals surface area contributed by atoms with Gasteiger partial charge in [-0.1, -0.05) is 34.8 Å². The largest absolute Gasteiger partial charge is 0.361 e. The summed E-state index contributed by atoms with van der Waals surface area (Å²) in [6.45, 7) is 3.57. The van der Waals surface area contributed by atoms with Gasteiger partial charge in [-0.05, 0) is 13.8 Å². The summed E-state index contributed by atoms with van der Waals surface area (Å²) >= 11 is 17.0. The molecule has 0 spiro atoms. The maximum absolute atomic E-state index is 10.3. The van der Waals surface area contributed by atoms with E-state index in [4.69, 9.17) is 58.5 Å². The minimum absolute atomic E-state index is 0.147. The Labute approximate surface area is 135 Å². The highest BCUT2D eigenvalue weighted by Crippen LogP contribution is 2.46. The van der Waals surface area contributed by atoms with Crippen LogP contribution < -0.4 is 0 Å². The van der Waals surface area contributed by atoms with Crippen molar-refractivity contribution in [3.63, 3.8) is 0 Å². The molecule has 0 aromatic carbocycles. The van der Waals surface area contributed by atoms with Crippen molar-refractivity contribution in [1.29, 1.82) is 0 Å². The van der Waals surface area contributed by atoms with E-state index in [-0.39, 0.29) is 6.61 Å². The molecule has 3 heterocycles. The summed E-state index contributed by atoms with van der Waals surface area (Å²) in [5, 5.41) is 20.6. The highest BCUT2D eigenvalue weighted by atomic mass is 35.6. The number of hydrogen-bond acceptors (Lipinski definition) is 7. The van der Waals surface area contributed by atoms with Crippen molar-refractivity contribution in [1.82, 2.24) is 0 Å². The lowest BCUT2D eigenvalue weighted by molar-refractivity contribution is -0.280. The first-order valence-corrected chi connectivity index (χ1v) is 7.44. The standard InChI is InChI=1S/C11H15Cl3O7/c1-9(2)17-3-4(21-9)5-10(15,16)6-7(18-5)20-8(19-6)11(12,13)14/h4-8,15-16H,3H2,1-2H3/t4-,5-,6+,7-,8?/m1/s1. The first kappa shape index (κ1) is 16.4. The Morgan fingerprint density at radius 3 is 2.19 bits per heavy atom. The maximum Gasteiger partial charge on any atom is 0.241 e. The van der Waals surface area contributed by atoms with Gasteiger partial charge in [0.1, 0.15) is 12.2 Å². The number of hydrogen-bond donors (Lipinski definition) is 2. The fourth-order valence-electron chi connectivity index (χ4n) is 2.61. The highest BCUT2D eigenvalue weighted by molar-refractivity contribution is 6.67. The van der Waals surface area contributed by atoms with Crippen LogP contribution in [0.1, 0.15) is 13.8 Å². The van der Waals surface area contributed by atoms with E-state index in [0.29, 0.717) is 0 Å². The van der Waals surface area contributed by atoms with Crippen LogP contribution in [0.2, 0.25) is 0 Å². The molecule has 0 aliphatic carbocycles. The predicted molar refractivity (Wildman–Crippen MR) is 70.8 cm³/mol. The van der Waals surface area contributed by atoms with Crippen LogP contribution >= 0.6 is 34.8 Å². The van der Waals surface area contributed by atoms with E-state index < -0.39 is 46.3 Å². The van der Waals surface area contributed by atoms with Crippen molar-refractivity contribution in [2.45, 2.75) is 60.1 Å². The molecule has 0 radical (unpaired) electrons. The van der Waals surface area contributed by atoms with Crippen molar-refractivity contribution in [2.75, 3.05) is 6.61 Å². The Kier molecular flexibility index (Phi) is 3.95. The van der Waals surface area contributed by atoms with Crippen LogP contribution in [0.4, 0.5) is 0 Å². The molecule has 0 bridgehead atoms. The minimum Gasteiger partial charge on any atom is -0.361 e. The summed E-state index contributed by atoms with van der Waals surface area (Å²) in [6, 6.07) is 0. The van der Waals surface area contributed by atoms with Gasteiger partial charge in [0.2, 0.25) is 15.9 Å². The number of fused-ring (bicyclic) bond motifs is 1. The van der Waals surface area contributed by atoms with E-state index in [9.17, 15) is 10.2 Å². The number of halogens is 3. The monoisotopic (exact) mass is 364 g/mol. The molecule has 122 valence electrons. The molecule has 1 unspecified atom stereocenters. The molecule has 3 aliphatic rings. The van der Waals surface area contributed by atoms with E-state index in [1.54, 1.807) is 13.8 Å². The second-order valence-electron chi connectivity index (χ2n) is 5.64. The molecule has 0 aromatic rings. The van der Waals surface area contributed by atoms with Gasteiger partial charge in [-0.15, -0.1) is 0 Å². The lowest BCUT2D eigenvalue weighted by Crippen LogP contribution is -2.53. The first-order chi connectivity index (χ1) is 9.51. The van der Waals surface area contributed by atoms with E-state index in [1.165, 1.54) is 0 Å². The van der Waals surface area contributed by atoms with E-state index in [1.807, 2.05) is 0 Å². The van der Waals surface area contributed by atoms with Crippen molar-refractivity contribution in [3.05, 3.63) is 0 Å². The Bertz CT molecular complexity index is 425. The smallest absolute Gasteiger partial charge is 0.241 e. The number of ether oxygens (including phenoxy) is 5. The van der Waals surface area contributed by atoms with Gasteiger partial charge >= 0.3 is 0 Å². The van der Waals surface area contributed by atoms with Gasteiger partial charge in [-0.2, -0.15) is 0 Å². The zero-order chi connectivity index (χ0) is 15.6. The molecule has 3 saturated heterocycles. The normalized spacial score (nSPS) is 45.0. The van der Waals surface area contributed by atoms with Crippen LogP contribution in [-0.2, 0) is 23.7 Å². The first-order valence-electron chi connectivity index (χ1n) is 6.30. The summed E-state index contributed by atoms with van der Waals surface area (Å²) in [5.41, 5.74) is 0. The molecular weight excluding hydrogens is 350 g/mol. The van der Waals surface area contributed by atoms with Crippen molar-refractivity contribution < 1.29 is 33.9 Å². The SMILES string of the molecule is CC1(C)OC[C@H]([C@H]2O[C@@H]3OC(C(Cl)(Cl)Cl)O[C@@H]3C2(O)O)O1. The van der Waals surface area contributed by atoms with Gasteiger partial charge in [0, 0.05) is 0 Å². The second kappa shape index (κ2) is 5.04. The molecule has 3 rings (SSSR count). The maximum atomic E-state index is 10.3. The van der Waals surface area contributed by atoms with Gasteiger partial charge in [0.25, 0.3) is 0 Å². The number of rotatable bonds is 1. The number of alkyl halides is 3. The lowest BCUT2D eigenvalue weighted by atomic mass is 10.0. The van der Waals surface area contributed by atoms with Gasteiger partial charge in [-0.25, -0.2) is 0 Å². The molecule has 3 fully saturated rings. The van der Waals surface area contributed by atoms with E-state index in [2.05, 4.69) is 0 Å². The Hall–Kier alpha value is 0.590. The third-order valence-corrected chi connectivity index (χ3v) is 4.06. The van der Waals surface area contributed by atoms with Crippen LogP contribution in [0.25, 0.3) is 0 Å². The molecular formula is C11H15Cl3O7. The second-order valence-corrected chi connectivity index (χ2v) is 8.01. The Balaban J connectivity index is 1.73. The zero-order valence-electron chi connectivity index (χ0n) is 11.2. The summed E-state index contributed by atoms with van der Waals surface area (Å²) in [7, 11) is 0. The van der Waals surface area contributed by atoms with Crippen molar-refractivity contribution in [2.24, 2.45) is 0 Å². The third kappa shape index (κ3) is 2.89. The van der Waals surface area contributed by atoms with Crippen LogP contribution in [0.3, 0.4) is 0 Å². The predicted octanol–water partition coefficient (Wildman–Crippen LogP) is 0.655. The quantitative estimate of drug-likeness (QED) is 0.521. The van der Waals surface area contributed by atoms with E-state index in [0.717, 1.165) is 0 Å². The topological polar surface area (TPSA) is 86.6 Å².